The Balaban J connectivity index is 1.84. The van der Waals surface area contributed by atoms with Crippen LogP contribution in [0.3, 0.4) is 0 Å². The molecule has 0 aliphatic carbocycles. The largest absolute Gasteiger partial charge is 0.497 e. The molecule has 1 heterocycles. The van der Waals surface area contributed by atoms with Crippen LogP contribution in [0.25, 0.3) is 0 Å². The zero-order chi connectivity index (χ0) is 20.1. The fraction of sp³-hybridized carbons (Fsp3) is 0.150. The summed E-state index contributed by atoms with van der Waals surface area (Å²) in [6, 6.07) is 12.4. The molecule has 0 unspecified atom stereocenters. The Morgan fingerprint density at radius 1 is 1.04 bits per heavy atom. The lowest BCUT2D eigenvalue weighted by atomic mass is 10.2. The van der Waals surface area contributed by atoms with Crippen molar-refractivity contribution < 1.29 is 18.7 Å². The van der Waals surface area contributed by atoms with Crippen LogP contribution in [0, 0.1) is 12.7 Å². The maximum absolute atomic E-state index is 13.3. The number of halogens is 1. The highest BCUT2D eigenvalue weighted by Gasteiger charge is 2.13. The molecule has 28 heavy (non-hydrogen) atoms. The van der Waals surface area contributed by atoms with Crippen molar-refractivity contribution in [1.82, 2.24) is 9.97 Å². The van der Waals surface area contributed by atoms with Crippen LogP contribution in [0.15, 0.2) is 48.5 Å². The second-order valence-electron chi connectivity index (χ2n) is 5.87. The molecule has 8 heteroatoms. The van der Waals surface area contributed by atoms with Crippen molar-refractivity contribution in [2.45, 2.75) is 6.92 Å². The summed E-state index contributed by atoms with van der Waals surface area (Å²) >= 11 is 0. The minimum atomic E-state index is -0.471. The zero-order valence-electron chi connectivity index (χ0n) is 15.6. The minimum Gasteiger partial charge on any atom is -0.497 e. The number of nitrogens with one attached hydrogen (secondary N) is 2. The highest BCUT2D eigenvalue weighted by molar-refractivity contribution is 6.03. The van der Waals surface area contributed by atoms with Crippen LogP contribution in [0.2, 0.25) is 0 Å². The summed E-state index contributed by atoms with van der Waals surface area (Å²) in [4.78, 5) is 21.0. The van der Waals surface area contributed by atoms with E-state index in [0.717, 1.165) is 0 Å². The molecular formula is C20H19FN4O3. The number of benzene rings is 2. The molecule has 0 radical (unpaired) electrons. The first-order chi connectivity index (χ1) is 13.5. The standard InChI is InChI=1S/C20H19FN4O3/c1-12-9-17(19(26)23-14-6-4-5-13(21)10-14)25-20(22-12)24-16-8-7-15(27-2)11-18(16)28-3/h4-11H,1-3H3,(H,23,26)(H,22,24,25). The molecule has 0 aliphatic rings. The van der Waals surface area contributed by atoms with E-state index >= 15 is 0 Å². The van der Waals surface area contributed by atoms with Gasteiger partial charge in [0.15, 0.2) is 0 Å². The third kappa shape index (κ3) is 4.53. The van der Waals surface area contributed by atoms with E-state index in [1.54, 1.807) is 44.4 Å². The van der Waals surface area contributed by atoms with Gasteiger partial charge in [0.05, 0.1) is 19.9 Å². The number of aryl methyl sites for hydroxylation is 1. The monoisotopic (exact) mass is 382 g/mol. The smallest absolute Gasteiger partial charge is 0.274 e. The summed E-state index contributed by atoms with van der Waals surface area (Å²) in [5, 5.41) is 5.66. The lowest BCUT2D eigenvalue weighted by molar-refractivity contribution is 0.102. The van der Waals surface area contributed by atoms with Crippen molar-refractivity contribution in [3.8, 4) is 11.5 Å². The molecule has 0 saturated heterocycles. The van der Waals surface area contributed by atoms with Crippen LogP contribution < -0.4 is 20.1 Å². The van der Waals surface area contributed by atoms with E-state index in [9.17, 15) is 9.18 Å². The number of nitrogens with zero attached hydrogens (tertiary/aromatic N) is 2. The number of hydrogen-bond donors (Lipinski definition) is 2. The Morgan fingerprint density at radius 3 is 2.57 bits per heavy atom. The second kappa shape index (κ2) is 8.34. The summed E-state index contributed by atoms with van der Waals surface area (Å²) in [5.41, 5.74) is 1.69. The van der Waals surface area contributed by atoms with Gasteiger partial charge in [-0.3, -0.25) is 4.79 Å². The topological polar surface area (TPSA) is 85.4 Å². The van der Waals surface area contributed by atoms with Gasteiger partial charge >= 0.3 is 0 Å². The first-order valence-electron chi connectivity index (χ1n) is 8.40. The SMILES string of the molecule is COc1ccc(Nc2nc(C)cc(C(=O)Nc3cccc(F)c3)n2)c(OC)c1. The van der Waals surface area contributed by atoms with Crippen molar-refractivity contribution in [2.24, 2.45) is 0 Å². The summed E-state index contributed by atoms with van der Waals surface area (Å²) in [6.45, 7) is 1.75. The Kier molecular flexibility index (Phi) is 5.69. The Hall–Kier alpha value is -3.68. The molecule has 2 aromatic carbocycles. The predicted molar refractivity (Wildman–Crippen MR) is 104 cm³/mol. The van der Waals surface area contributed by atoms with E-state index in [1.807, 2.05) is 0 Å². The van der Waals surface area contributed by atoms with E-state index in [4.69, 9.17) is 9.47 Å². The average molecular weight is 382 g/mol. The van der Waals surface area contributed by atoms with Gasteiger partial charge in [-0.25, -0.2) is 14.4 Å². The molecule has 3 aromatic rings. The molecule has 0 saturated carbocycles. The quantitative estimate of drug-likeness (QED) is 0.672. The Labute approximate surface area is 161 Å². The lowest BCUT2D eigenvalue weighted by Gasteiger charge is -2.12. The Morgan fingerprint density at radius 2 is 1.86 bits per heavy atom. The molecule has 0 aliphatic heterocycles. The van der Waals surface area contributed by atoms with Gasteiger partial charge in [-0.1, -0.05) is 6.07 Å². The van der Waals surface area contributed by atoms with E-state index in [-0.39, 0.29) is 11.6 Å². The summed E-state index contributed by atoms with van der Waals surface area (Å²) in [5.74, 6) is 0.497. The number of amides is 1. The van der Waals surface area contributed by atoms with Gasteiger partial charge in [0, 0.05) is 17.4 Å². The fourth-order valence-corrected chi connectivity index (χ4v) is 2.52. The van der Waals surface area contributed by atoms with Gasteiger partial charge in [-0.15, -0.1) is 0 Å². The van der Waals surface area contributed by atoms with E-state index in [1.165, 1.54) is 25.3 Å². The molecule has 0 spiro atoms. The van der Waals surface area contributed by atoms with Crippen LogP contribution in [-0.4, -0.2) is 30.1 Å². The molecule has 2 N–H and O–H groups in total. The van der Waals surface area contributed by atoms with Gasteiger partial charge in [0.2, 0.25) is 5.95 Å². The van der Waals surface area contributed by atoms with Crippen molar-refractivity contribution in [2.75, 3.05) is 24.9 Å². The molecular weight excluding hydrogens is 363 g/mol. The normalized spacial score (nSPS) is 10.3. The van der Waals surface area contributed by atoms with Crippen LogP contribution in [0.5, 0.6) is 11.5 Å². The van der Waals surface area contributed by atoms with Crippen LogP contribution >= 0.6 is 0 Å². The maximum Gasteiger partial charge on any atom is 0.274 e. The molecule has 3 rings (SSSR count). The van der Waals surface area contributed by atoms with Crippen molar-refractivity contribution in [3.05, 3.63) is 65.7 Å². The fourth-order valence-electron chi connectivity index (χ4n) is 2.52. The number of carbonyl (C=O) groups is 1. The van der Waals surface area contributed by atoms with Crippen molar-refractivity contribution in [1.29, 1.82) is 0 Å². The molecule has 0 bridgehead atoms. The first kappa shape index (κ1) is 19.1. The highest BCUT2D eigenvalue weighted by atomic mass is 19.1. The van der Waals surface area contributed by atoms with Gasteiger partial charge in [-0.05, 0) is 43.3 Å². The number of rotatable bonds is 6. The number of anilines is 3. The summed E-state index contributed by atoms with van der Waals surface area (Å²) in [6.07, 6.45) is 0. The number of aromatic nitrogens is 2. The van der Waals surface area contributed by atoms with Crippen LogP contribution in [0.1, 0.15) is 16.2 Å². The van der Waals surface area contributed by atoms with Gasteiger partial charge in [0.1, 0.15) is 23.0 Å². The van der Waals surface area contributed by atoms with E-state index < -0.39 is 11.7 Å². The number of carbonyl (C=O) groups excluding carboxylic acids is 1. The van der Waals surface area contributed by atoms with Crippen molar-refractivity contribution >= 4 is 23.2 Å². The number of ether oxygens (including phenoxy) is 2. The van der Waals surface area contributed by atoms with Crippen LogP contribution in [0.4, 0.5) is 21.7 Å². The molecule has 144 valence electrons. The number of methoxy groups -OCH3 is 2. The molecule has 1 amide bonds. The third-order valence-corrected chi connectivity index (χ3v) is 3.82. The molecule has 1 aromatic heterocycles. The first-order valence-corrected chi connectivity index (χ1v) is 8.40. The van der Waals surface area contributed by atoms with Gasteiger partial charge < -0.3 is 20.1 Å². The van der Waals surface area contributed by atoms with E-state index in [0.29, 0.717) is 28.6 Å². The molecule has 0 fully saturated rings. The highest BCUT2D eigenvalue weighted by Crippen LogP contribution is 2.30. The number of hydrogen-bond acceptors (Lipinski definition) is 6. The third-order valence-electron chi connectivity index (χ3n) is 3.82. The summed E-state index contributed by atoms with van der Waals surface area (Å²) in [7, 11) is 3.10. The minimum absolute atomic E-state index is 0.145. The lowest BCUT2D eigenvalue weighted by Crippen LogP contribution is -2.15. The van der Waals surface area contributed by atoms with Crippen LogP contribution in [-0.2, 0) is 0 Å². The molecule has 0 atom stereocenters. The summed E-state index contributed by atoms with van der Waals surface area (Å²) < 4.78 is 23.8. The van der Waals surface area contributed by atoms with Gasteiger partial charge in [0.25, 0.3) is 5.91 Å². The van der Waals surface area contributed by atoms with E-state index in [2.05, 4.69) is 20.6 Å². The Bertz CT molecular complexity index is 1010. The van der Waals surface area contributed by atoms with Crippen molar-refractivity contribution in [3.63, 3.8) is 0 Å². The maximum atomic E-state index is 13.3. The van der Waals surface area contributed by atoms with Gasteiger partial charge in [-0.2, -0.15) is 0 Å². The average Bonchev–Trinajstić information content (AvgIpc) is 2.68. The second-order valence-corrected chi connectivity index (χ2v) is 5.87. The molecule has 7 nitrogen and oxygen atoms in total. The predicted octanol–water partition coefficient (Wildman–Crippen LogP) is 3.94. The zero-order valence-corrected chi connectivity index (χ0v) is 15.6.